The SMILES string of the molecule is COC(=O)c1csc2c(-c3cc(Cl)ccc3C#CCn3c(C)nc4c(c3=O)C[C@](C)(N3CCC[C@]5(C3)CC5(F)F)CC4)cc(C)nc12. The second-order valence-corrected chi connectivity index (χ2v) is 14.8. The fraction of sp³-hybridized carbons (Fsp3) is 0.444. The molecule has 4 aromatic rings. The Morgan fingerprint density at radius 3 is 2.70 bits per heavy atom. The number of halogens is 3. The zero-order valence-electron chi connectivity index (χ0n) is 26.8. The maximum atomic E-state index is 14.3. The zero-order valence-corrected chi connectivity index (χ0v) is 28.4. The number of thiophene rings is 1. The van der Waals surface area contributed by atoms with Crippen LogP contribution in [0.25, 0.3) is 21.3 Å². The number of esters is 1. The maximum Gasteiger partial charge on any atom is 0.340 e. The third kappa shape index (κ3) is 5.46. The third-order valence-corrected chi connectivity index (χ3v) is 11.6. The van der Waals surface area contributed by atoms with E-state index in [4.69, 9.17) is 21.3 Å². The summed E-state index contributed by atoms with van der Waals surface area (Å²) in [6.45, 7) is 7.09. The van der Waals surface area contributed by atoms with Gasteiger partial charge in [0.1, 0.15) is 5.82 Å². The van der Waals surface area contributed by atoms with E-state index >= 15 is 0 Å². The smallest absolute Gasteiger partial charge is 0.340 e. The summed E-state index contributed by atoms with van der Waals surface area (Å²) >= 11 is 7.86. The minimum absolute atomic E-state index is 0.0295. The van der Waals surface area contributed by atoms with Gasteiger partial charge in [0.15, 0.2) is 0 Å². The maximum absolute atomic E-state index is 14.3. The van der Waals surface area contributed by atoms with E-state index in [0.29, 0.717) is 53.3 Å². The molecule has 2 fully saturated rings. The van der Waals surface area contributed by atoms with E-state index in [1.165, 1.54) is 18.4 Å². The molecule has 1 aliphatic heterocycles. The molecule has 1 spiro atoms. The number of aromatic nitrogens is 3. The number of alkyl halides is 2. The van der Waals surface area contributed by atoms with Gasteiger partial charge in [-0.2, -0.15) is 0 Å². The largest absolute Gasteiger partial charge is 0.465 e. The average Bonchev–Trinajstić information content (AvgIpc) is 3.32. The van der Waals surface area contributed by atoms with Crippen molar-refractivity contribution >= 4 is 39.1 Å². The van der Waals surface area contributed by atoms with Crippen LogP contribution >= 0.6 is 22.9 Å². The first-order valence-corrected chi connectivity index (χ1v) is 17.1. The molecule has 1 saturated heterocycles. The number of hydrogen-bond donors (Lipinski definition) is 0. The molecule has 3 aromatic heterocycles. The van der Waals surface area contributed by atoms with E-state index < -0.39 is 17.3 Å². The molecule has 0 unspecified atom stereocenters. The van der Waals surface area contributed by atoms with Crippen molar-refractivity contribution in [1.82, 2.24) is 19.4 Å². The van der Waals surface area contributed by atoms with Crippen molar-refractivity contribution in [2.24, 2.45) is 5.41 Å². The van der Waals surface area contributed by atoms with Crippen molar-refractivity contribution in [3.05, 3.63) is 78.9 Å². The van der Waals surface area contributed by atoms with E-state index in [-0.39, 0.29) is 24.1 Å². The van der Waals surface area contributed by atoms with Gasteiger partial charge in [0.05, 0.1) is 40.5 Å². The number of hydrogen-bond acceptors (Lipinski definition) is 7. The van der Waals surface area contributed by atoms with Crippen molar-refractivity contribution in [3.63, 3.8) is 0 Å². The first-order chi connectivity index (χ1) is 22.3. The fourth-order valence-electron chi connectivity index (χ4n) is 7.52. The second kappa shape index (κ2) is 11.5. The minimum Gasteiger partial charge on any atom is -0.465 e. The number of piperidine rings is 1. The number of nitrogens with zero attached hydrogens (tertiary/aromatic N) is 4. The molecule has 0 N–H and O–H groups in total. The van der Waals surface area contributed by atoms with Gasteiger partial charge in [-0.25, -0.2) is 18.6 Å². The number of methoxy groups -OCH3 is 1. The number of fused-ring (bicyclic) bond motifs is 2. The number of aryl methyl sites for hydroxylation is 3. The Labute approximate surface area is 280 Å². The summed E-state index contributed by atoms with van der Waals surface area (Å²) in [5, 5.41) is 2.29. The Morgan fingerprint density at radius 1 is 1.17 bits per heavy atom. The van der Waals surface area contributed by atoms with Gasteiger partial charge in [0.25, 0.3) is 11.5 Å². The molecule has 0 bridgehead atoms. The number of pyridine rings is 1. The Kier molecular flexibility index (Phi) is 7.81. The van der Waals surface area contributed by atoms with Gasteiger partial charge in [-0.1, -0.05) is 23.4 Å². The highest BCUT2D eigenvalue weighted by molar-refractivity contribution is 7.18. The number of rotatable bonds is 4. The van der Waals surface area contributed by atoms with Crippen molar-refractivity contribution in [2.45, 2.75) is 77.3 Å². The molecular formula is C36H35ClF2N4O3S. The zero-order chi connectivity index (χ0) is 33.3. The lowest BCUT2D eigenvalue weighted by atomic mass is 9.78. The number of carbonyl (C=O) groups is 1. The van der Waals surface area contributed by atoms with Crippen molar-refractivity contribution in [3.8, 4) is 23.0 Å². The van der Waals surface area contributed by atoms with E-state index in [0.717, 1.165) is 52.2 Å². The Bertz CT molecular complexity index is 2080. The highest BCUT2D eigenvalue weighted by Gasteiger charge is 2.71. The average molecular weight is 677 g/mol. The van der Waals surface area contributed by atoms with Gasteiger partial charge in [0.2, 0.25) is 0 Å². The first-order valence-electron chi connectivity index (χ1n) is 15.8. The first kappa shape index (κ1) is 31.9. The van der Waals surface area contributed by atoms with Crippen molar-refractivity contribution < 1.29 is 18.3 Å². The molecule has 7 nitrogen and oxygen atoms in total. The van der Waals surface area contributed by atoms with E-state index in [2.05, 4.69) is 28.6 Å². The van der Waals surface area contributed by atoms with Crippen LogP contribution in [-0.4, -0.2) is 57.1 Å². The van der Waals surface area contributed by atoms with Crippen molar-refractivity contribution in [1.29, 1.82) is 0 Å². The number of likely N-dealkylation sites (tertiary alicyclic amines) is 1. The van der Waals surface area contributed by atoms with Crippen LogP contribution in [0.2, 0.25) is 5.02 Å². The molecule has 0 radical (unpaired) electrons. The summed E-state index contributed by atoms with van der Waals surface area (Å²) in [6.07, 6.45) is 3.19. The number of benzene rings is 1. The van der Waals surface area contributed by atoms with Gasteiger partial charge in [-0.3, -0.25) is 19.2 Å². The van der Waals surface area contributed by atoms with Crippen LogP contribution in [0.3, 0.4) is 0 Å². The van der Waals surface area contributed by atoms with Gasteiger partial charge < -0.3 is 4.74 Å². The van der Waals surface area contributed by atoms with E-state index in [1.807, 2.05) is 32.0 Å². The van der Waals surface area contributed by atoms with Gasteiger partial charge >= 0.3 is 5.97 Å². The number of carbonyl (C=O) groups excluding carboxylic acids is 1. The fourth-order valence-corrected chi connectivity index (χ4v) is 8.70. The van der Waals surface area contributed by atoms with Gasteiger partial charge in [-0.05, 0) is 83.7 Å². The standard InChI is InChI=1S/C36H35ClF2N4O3S/c1-21-15-26(31-30(40-21)28(18-47-31)33(45)46-4)25-16-24(37)9-8-23(25)7-5-14-43-22(2)41-29-10-12-34(3,17-27(29)32(43)44)42-13-6-11-35(20-42)19-36(35,38)39/h8-9,15-16,18H,6,10-14,17,19-20H2,1-4H3/t34-,35-/m1/s1. The van der Waals surface area contributed by atoms with Crippen LogP contribution in [0.4, 0.5) is 8.78 Å². The van der Waals surface area contributed by atoms with Gasteiger partial charge in [-0.15, -0.1) is 11.3 Å². The highest BCUT2D eigenvalue weighted by atomic mass is 35.5. The molecule has 4 heterocycles. The molecule has 11 heteroatoms. The summed E-state index contributed by atoms with van der Waals surface area (Å²) in [6, 6.07) is 7.42. The normalized spacial score (nSPS) is 23.3. The molecule has 47 heavy (non-hydrogen) atoms. The quantitative estimate of drug-likeness (QED) is 0.171. The van der Waals surface area contributed by atoms with Crippen LogP contribution in [-0.2, 0) is 24.1 Å². The summed E-state index contributed by atoms with van der Waals surface area (Å²) in [5.74, 6) is 4.01. The van der Waals surface area contributed by atoms with Crippen LogP contribution in [0, 0.1) is 31.1 Å². The topological polar surface area (TPSA) is 77.3 Å². The van der Waals surface area contributed by atoms with Crippen LogP contribution < -0.4 is 5.56 Å². The molecule has 244 valence electrons. The lowest BCUT2D eigenvalue weighted by molar-refractivity contribution is -0.0161. The van der Waals surface area contributed by atoms with E-state index in [9.17, 15) is 18.4 Å². The molecule has 1 saturated carbocycles. The second-order valence-electron chi connectivity index (χ2n) is 13.5. The predicted octanol–water partition coefficient (Wildman–Crippen LogP) is 7.00. The summed E-state index contributed by atoms with van der Waals surface area (Å²) in [7, 11) is 1.35. The summed E-state index contributed by atoms with van der Waals surface area (Å²) in [5.41, 5.74) is 4.14. The minimum atomic E-state index is -2.58. The summed E-state index contributed by atoms with van der Waals surface area (Å²) < 4.78 is 36.0. The van der Waals surface area contributed by atoms with Crippen LogP contribution in [0.15, 0.2) is 34.4 Å². The lowest BCUT2D eigenvalue weighted by Crippen LogP contribution is -2.56. The molecule has 1 aromatic carbocycles. The Hall–Kier alpha value is -3.65. The summed E-state index contributed by atoms with van der Waals surface area (Å²) in [4.78, 5) is 38.0. The van der Waals surface area contributed by atoms with Crippen molar-refractivity contribution in [2.75, 3.05) is 20.2 Å². The molecule has 2 atom stereocenters. The third-order valence-electron chi connectivity index (χ3n) is 10.3. The van der Waals surface area contributed by atoms with Gasteiger partial charge in [0, 0.05) is 56.9 Å². The molecule has 0 amide bonds. The molecular weight excluding hydrogens is 642 g/mol. The molecule has 2 aliphatic carbocycles. The monoisotopic (exact) mass is 676 g/mol. The van der Waals surface area contributed by atoms with Crippen LogP contribution in [0.5, 0.6) is 0 Å². The van der Waals surface area contributed by atoms with Crippen LogP contribution in [0.1, 0.15) is 71.3 Å². The number of ether oxygens (including phenoxy) is 1. The highest BCUT2D eigenvalue weighted by Crippen LogP contribution is 2.65. The Morgan fingerprint density at radius 2 is 1.96 bits per heavy atom. The predicted molar refractivity (Wildman–Crippen MR) is 179 cm³/mol. The molecule has 3 aliphatic rings. The Balaban J connectivity index is 1.19. The lowest BCUT2D eigenvalue weighted by Gasteiger charge is -2.48. The molecule has 7 rings (SSSR count). The van der Waals surface area contributed by atoms with E-state index in [1.54, 1.807) is 16.0 Å².